The van der Waals surface area contributed by atoms with Crippen molar-refractivity contribution >= 4 is 17.2 Å². The van der Waals surface area contributed by atoms with Crippen LogP contribution in [0.15, 0.2) is 24.3 Å². The van der Waals surface area contributed by atoms with Gasteiger partial charge in [0.1, 0.15) is 10.8 Å². The third-order valence-electron chi connectivity index (χ3n) is 1.52. The van der Waals surface area contributed by atoms with Crippen LogP contribution >= 0.6 is 12.2 Å². The van der Waals surface area contributed by atoms with Gasteiger partial charge in [-0.25, -0.2) is 4.39 Å². The quantitative estimate of drug-likeness (QED) is 0.749. The molecule has 0 amide bonds. The van der Waals surface area contributed by atoms with Gasteiger partial charge in [0, 0.05) is 5.56 Å². The highest BCUT2D eigenvalue weighted by molar-refractivity contribution is 7.80. The van der Waals surface area contributed by atoms with Gasteiger partial charge in [-0.3, -0.25) is 0 Å². The van der Waals surface area contributed by atoms with Crippen LogP contribution in [0, 0.1) is 5.82 Å². The molecule has 5 heteroatoms. The minimum Gasteiger partial charge on any atom is -0.388 e. The molecular formula is C8H6F3NS. The maximum Gasteiger partial charge on any atom is 0.322 e. The first-order valence-corrected chi connectivity index (χ1v) is 3.79. The molecule has 0 atom stereocenters. The van der Waals surface area contributed by atoms with Gasteiger partial charge in [-0.05, 0) is 24.3 Å². The first-order valence-electron chi connectivity index (χ1n) is 3.38. The Labute approximate surface area is 78.4 Å². The van der Waals surface area contributed by atoms with Gasteiger partial charge < -0.3 is 5.73 Å². The summed E-state index contributed by atoms with van der Waals surface area (Å²) in [6.45, 7) is 0. The van der Waals surface area contributed by atoms with Crippen LogP contribution in [0.4, 0.5) is 13.2 Å². The topological polar surface area (TPSA) is 26.0 Å². The zero-order valence-electron chi connectivity index (χ0n) is 6.43. The number of alkyl halides is 2. The summed E-state index contributed by atoms with van der Waals surface area (Å²) in [5, 5.41) is 0. The molecule has 2 N–H and O–H groups in total. The van der Waals surface area contributed by atoms with E-state index in [1.807, 2.05) is 0 Å². The van der Waals surface area contributed by atoms with Crippen molar-refractivity contribution in [3.8, 4) is 0 Å². The van der Waals surface area contributed by atoms with Gasteiger partial charge >= 0.3 is 5.92 Å². The molecule has 0 aliphatic heterocycles. The van der Waals surface area contributed by atoms with Crippen LogP contribution in [-0.2, 0) is 5.92 Å². The summed E-state index contributed by atoms with van der Waals surface area (Å²) < 4.78 is 38.4. The summed E-state index contributed by atoms with van der Waals surface area (Å²) in [5.74, 6) is -3.95. The first-order chi connectivity index (χ1) is 5.94. The summed E-state index contributed by atoms with van der Waals surface area (Å²) in [7, 11) is 0. The van der Waals surface area contributed by atoms with Crippen LogP contribution < -0.4 is 5.73 Å². The molecule has 1 aromatic carbocycles. The standard InChI is InChI=1S/C8H6F3NS/c9-6-3-1-5(2-4-6)8(10,11)7(12)13/h1-4H,(H2,12,13). The average Bonchev–Trinajstić information content (AvgIpc) is 2.04. The molecule has 70 valence electrons. The second-order valence-corrected chi connectivity index (χ2v) is 2.89. The van der Waals surface area contributed by atoms with Crippen LogP contribution in [0.3, 0.4) is 0 Å². The SMILES string of the molecule is NC(=S)C(F)(F)c1ccc(F)cc1. The lowest BCUT2D eigenvalue weighted by atomic mass is 10.1. The zero-order valence-corrected chi connectivity index (χ0v) is 7.25. The lowest BCUT2D eigenvalue weighted by Gasteiger charge is -2.14. The molecule has 1 rings (SSSR count). The van der Waals surface area contributed by atoms with Crippen molar-refractivity contribution in [1.29, 1.82) is 0 Å². The highest BCUT2D eigenvalue weighted by Crippen LogP contribution is 2.27. The summed E-state index contributed by atoms with van der Waals surface area (Å²) in [5.41, 5.74) is 4.43. The molecule has 0 aliphatic rings. The third-order valence-corrected chi connectivity index (χ3v) is 1.77. The van der Waals surface area contributed by atoms with E-state index in [1.54, 1.807) is 0 Å². The van der Waals surface area contributed by atoms with E-state index < -0.39 is 22.3 Å². The lowest BCUT2D eigenvalue weighted by Crippen LogP contribution is -2.31. The zero-order chi connectivity index (χ0) is 10.1. The molecule has 1 aromatic rings. The second kappa shape index (κ2) is 3.33. The molecule has 0 saturated carbocycles. The molecule has 0 fully saturated rings. The number of halogens is 3. The van der Waals surface area contributed by atoms with Gasteiger partial charge in [0.25, 0.3) is 0 Å². The Morgan fingerprint density at radius 3 is 2.08 bits per heavy atom. The smallest absolute Gasteiger partial charge is 0.322 e. The Morgan fingerprint density at radius 2 is 1.69 bits per heavy atom. The monoisotopic (exact) mass is 205 g/mol. The van der Waals surface area contributed by atoms with E-state index in [1.165, 1.54) is 0 Å². The Balaban J connectivity index is 3.08. The Morgan fingerprint density at radius 1 is 1.23 bits per heavy atom. The fourth-order valence-corrected chi connectivity index (χ4v) is 0.919. The summed E-state index contributed by atoms with van der Waals surface area (Å²) in [4.78, 5) is -0.917. The van der Waals surface area contributed by atoms with E-state index in [2.05, 4.69) is 12.2 Å². The maximum atomic E-state index is 13.0. The van der Waals surface area contributed by atoms with E-state index in [4.69, 9.17) is 5.73 Å². The highest BCUT2D eigenvalue weighted by Gasteiger charge is 2.34. The number of hydrogen-bond acceptors (Lipinski definition) is 1. The Kier molecular flexibility index (Phi) is 2.56. The number of hydrogen-bond donors (Lipinski definition) is 1. The molecule has 1 nitrogen and oxygen atoms in total. The van der Waals surface area contributed by atoms with Crippen molar-refractivity contribution in [2.45, 2.75) is 5.92 Å². The third kappa shape index (κ3) is 1.98. The van der Waals surface area contributed by atoms with Crippen LogP contribution in [0.2, 0.25) is 0 Å². The average molecular weight is 205 g/mol. The minimum atomic E-state index is -3.37. The normalized spacial score (nSPS) is 11.3. The van der Waals surface area contributed by atoms with Gasteiger partial charge in [-0.15, -0.1) is 0 Å². The van der Waals surface area contributed by atoms with E-state index >= 15 is 0 Å². The lowest BCUT2D eigenvalue weighted by molar-refractivity contribution is 0.0775. The molecule has 0 unspecified atom stereocenters. The summed E-state index contributed by atoms with van der Waals surface area (Å²) in [6, 6.07) is 3.77. The van der Waals surface area contributed by atoms with Gasteiger partial charge in [0.05, 0.1) is 0 Å². The molecule has 0 aliphatic carbocycles. The molecular weight excluding hydrogens is 199 g/mol. The predicted molar refractivity (Wildman–Crippen MR) is 47.1 cm³/mol. The van der Waals surface area contributed by atoms with Gasteiger partial charge in [0.15, 0.2) is 0 Å². The number of benzene rings is 1. The highest BCUT2D eigenvalue weighted by atomic mass is 32.1. The van der Waals surface area contributed by atoms with Crippen LogP contribution in [-0.4, -0.2) is 4.99 Å². The molecule has 0 bridgehead atoms. The fraction of sp³-hybridized carbons (Fsp3) is 0.125. The second-order valence-electron chi connectivity index (χ2n) is 2.45. The summed E-state index contributed by atoms with van der Waals surface area (Å²) >= 11 is 4.18. The molecule has 0 saturated heterocycles. The summed E-state index contributed by atoms with van der Waals surface area (Å²) in [6.07, 6.45) is 0. The van der Waals surface area contributed by atoms with Crippen molar-refractivity contribution in [2.24, 2.45) is 5.73 Å². The largest absolute Gasteiger partial charge is 0.388 e. The van der Waals surface area contributed by atoms with Crippen LogP contribution in [0.5, 0.6) is 0 Å². The molecule has 0 aromatic heterocycles. The van der Waals surface area contributed by atoms with Crippen molar-refractivity contribution in [3.05, 3.63) is 35.6 Å². The van der Waals surface area contributed by atoms with Crippen LogP contribution in [0.1, 0.15) is 5.56 Å². The molecule has 13 heavy (non-hydrogen) atoms. The fourth-order valence-electron chi connectivity index (χ4n) is 0.801. The minimum absolute atomic E-state index is 0.401. The van der Waals surface area contributed by atoms with Gasteiger partial charge in [0.2, 0.25) is 0 Å². The van der Waals surface area contributed by atoms with Crippen molar-refractivity contribution in [1.82, 2.24) is 0 Å². The van der Waals surface area contributed by atoms with Gasteiger partial charge in [-0.2, -0.15) is 8.78 Å². The molecule has 0 spiro atoms. The maximum absolute atomic E-state index is 13.0. The number of nitrogens with two attached hydrogens (primary N) is 1. The molecule has 0 radical (unpaired) electrons. The Hall–Kier alpha value is -1.10. The van der Waals surface area contributed by atoms with E-state index in [0.717, 1.165) is 24.3 Å². The van der Waals surface area contributed by atoms with Crippen LogP contribution in [0.25, 0.3) is 0 Å². The van der Waals surface area contributed by atoms with Crippen molar-refractivity contribution < 1.29 is 13.2 Å². The van der Waals surface area contributed by atoms with Crippen molar-refractivity contribution in [2.75, 3.05) is 0 Å². The van der Waals surface area contributed by atoms with E-state index in [0.29, 0.717) is 0 Å². The van der Waals surface area contributed by atoms with Gasteiger partial charge in [-0.1, -0.05) is 12.2 Å². The molecule has 0 heterocycles. The van der Waals surface area contributed by atoms with E-state index in [9.17, 15) is 13.2 Å². The Bertz CT molecular complexity index is 321. The number of rotatable bonds is 2. The van der Waals surface area contributed by atoms with E-state index in [-0.39, 0.29) is 0 Å². The predicted octanol–water partition coefficient (Wildman–Crippen LogP) is 2.20. The number of thiocarbonyl (C=S) groups is 1. The first kappa shape index (κ1) is 9.98. The van der Waals surface area contributed by atoms with Crippen molar-refractivity contribution in [3.63, 3.8) is 0 Å².